The van der Waals surface area contributed by atoms with Gasteiger partial charge in [0.05, 0.1) is 24.8 Å². The van der Waals surface area contributed by atoms with Gasteiger partial charge in [0.2, 0.25) is 17.7 Å². The summed E-state index contributed by atoms with van der Waals surface area (Å²) in [5, 5.41) is 16.8. The van der Waals surface area contributed by atoms with Gasteiger partial charge in [-0.2, -0.15) is 5.26 Å². The molecule has 0 unspecified atom stereocenters. The number of amides is 1. The second kappa shape index (κ2) is 6.53. The molecule has 2 aliphatic rings. The summed E-state index contributed by atoms with van der Waals surface area (Å²) in [6.07, 6.45) is 1.41. The van der Waals surface area contributed by atoms with E-state index in [4.69, 9.17) is 15.2 Å². The van der Waals surface area contributed by atoms with Crippen molar-refractivity contribution < 1.29 is 19.1 Å². The summed E-state index contributed by atoms with van der Waals surface area (Å²) >= 11 is 0. The molecule has 0 fully saturated rings. The lowest BCUT2D eigenvalue weighted by molar-refractivity contribution is -0.139. The minimum atomic E-state index is -1.58. The number of carbonyl (C=O) groups is 2. The van der Waals surface area contributed by atoms with Crippen LogP contribution in [0.25, 0.3) is 0 Å². The van der Waals surface area contributed by atoms with E-state index in [9.17, 15) is 14.9 Å². The van der Waals surface area contributed by atoms with Crippen molar-refractivity contribution >= 4 is 17.6 Å². The second-order valence-corrected chi connectivity index (χ2v) is 6.56. The minimum Gasteiger partial charge on any atom is -0.469 e. The average molecular weight is 391 g/mol. The molecule has 0 saturated carbocycles. The molecule has 2 aromatic rings. The van der Waals surface area contributed by atoms with Crippen LogP contribution in [0.15, 0.2) is 48.4 Å². The number of hydrogen-bond donors (Lipinski definition) is 2. The van der Waals surface area contributed by atoms with E-state index in [2.05, 4.69) is 16.8 Å². The number of H-pyrrole nitrogens is 1. The van der Waals surface area contributed by atoms with E-state index < -0.39 is 17.3 Å². The molecule has 0 saturated heterocycles. The minimum absolute atomic E-state index is 0.0454. The highest BCUT2D eigenvalue weighted by Gasteiger charge is 2.60. The van der Waals surface area contributed by atoms with E-state index in [0.717, 1.165) is 0 Å². The van der Waals surface area contributed by atoms with Crippen LogP contribution >= 0.6 is 0 Å². The lowest BCUT2D eigenvalue weighted by Crippen LogP contribution is -2.46. The third-order valence-corrected chi connectivity index (χ3v) is 5.15. The predicted molar refractivity (Wildman–Crippen MR) is 102 cm³/mol. The number of hydrogen-bond acceptors (Lipinski definition) is 7. The van der Waals surface area contributed by atoms with Crippen molar-refractivity contribution in [2.24, 2.45) is 5.73 Å². The van der Waals surface area contributed by atoms with Crippen LogP contribution in [-0.2, 0) is 26.2 Å². The number of methoxy groups -OCH3 is 1. The Balaban J connectivity index is 2.08. The number of nitrogens with zero attached hydrogens (tertiary/aromatic N) is 3. The van der Waals surface area contributed by atoms with Crippen LogP contribution in [0.3, 0.4) is 0 Å². The zero-order chi connectivity index (χ0) is 20.8. The Morgan fingerprint density at radius 3 is 2.97 bits per heavy atom. The molecule has 146 valence electrons. The summed E-state index contributed by atoms with van der Waals surface area (Å²) in [6.45, 7) is 3.95. The second-order valence-electron chi connectivity index (χ2n) is 6.56. The topological polar surface area (TPSA) is 134 Å². The summed E-state index contributed by atoms with van der Waals surface area (Å²) in [7, 11) is 1.26. The standard InChI is InChI=1S/C20H17N5O4/c1-3-8-25-14-7-5-4-6-11(14)20(19(25)27)12(10-21)17(22)29-18-16(20)13(23-24-18)9-15(26)28-2/h3-7H,1,8-9,22H2,2H3,(H,23,24)/t20-/m0/s1. The van der Waals surface area contributed by atoms with E-state index in [0.29, 0.717) is 16.9 Å². The van der Waals surface area contributed by atoms with Gasteiger partial charge in [-0.15, -0.1) is 11.7 Å². The number of benzene rings is 1. The van der Waals surface area contributed by atoms with Crippen LogP contribution in [0.2, 0.25) is 0 Å². The van der Waals surface area contributed by atoms with Crippen molar-refractivity contribution in [1.29, 1.82) is 5.26 Å². The molecule has 0 bridgehead atoms. The van der Waals surface area contributed by atoms with Crippen LogP contribution < -0.4 is 15.4 Å². The zero-order valence-electron chi connectivity index (χ0n) is 15.6. The third-order valence-electron chi connectivity index (χ3n) is 5.15. The predicted octanol–water partition coefficient (Wildman–Crippen LogP) is 1.03. The summed E-state index contributed by atoms with van der Waals surface area (Å²) < 4.78 is 10.3. The number of esters is 1. The number of para-hydroxylation sites is 1. The van der Waals surface area contributed by atoms with E-state index in [1.54, 1.807) is 30.3 Å². The van der Waals surface area contributed by atoms with Gasteiger partial charge in [-0.1, -0.05) is 24.3 Å². The first-order chi connectivity index (χ1) is 14.0. The number of rotatable bonds is 4. The van der Waals surface area contributed by atoms with Gasteiger partial charge in [0.1, 0.15) is 17.1 Å². The summed E-state index contributed by atoms with van der Waals surface area (Å²) in [5.74, 6) is -1.09. The molecular formula is C20H17N5O4. The first-order valence-electron chi connectivity index (χ1n) is 8.75. The van der Waals surface area contributed by atoms with Crippen molar-refractivity contribution in [1.82, 2.24) is 10.2 Å². The van der Waals surface area contributed by atoms with Gasteiger partial charge in [0, 0.05) is 17.8 Å². The number of anilines is 1. The normalized spacial score (nSPS) is 19.4. The molecule has 29 heavy (non-hydrogen) atoms. The van der Waals surface area contributed by atoms with Gasteiger partial charge in [0.15, 0.2) is 0 Å². The van der Waals surface area contributed by atoms with Crippen LogP contribution in [0.1, 0.15) is 16.8 Å². The number of ether oxygens (including phenoxy) is 2. The molecule has 1 spiro atoms. The molecule has 1 amide bonds. The fourth-order valence-corrected chi connectivity index (χ4v) is 4.01. The maximum absolute atomic E-state index is 13.8. The zero-order valence-corrected chi connectivity index (χ0v) is 15.6. The van der Waals surface area contributed by atoms with Crippen molar-refractivity contribution in [2.75, 3.05) is 18.6 Å². The molecule has 4 rings (SSSR count). The van der Waals surface area contributed by atoms with Crippen molar-refractivity contribution in [2.45, 2.75) is 11.8 Å². The monoisotopic (exact) mass is 391 g/mol. The van der Waals surface area contributed by atoms with Crippen LogP contribution in [0, 0.1) is 11.3 Å². The number of nitriles is 1. The van der Waals surface area contributed by atoms with E-state index in [-0.39, 0.29) is 35.9 Å². The molecular weight excluding hydrogens is 374 g/mol. The molecule has 1 aromatic heterocycles. The fourth-order valence-electron chi connectivity index (χ4n) is 4.01. The third kappa shape index (κ3) is 2.29. The van der Waals surface area contributed by atoms with Gasteiger partial charge in [-0.3, -0.25) is 14.7 Å². The van der Waals surface area contributed by atoms with Gasteiger partial charge < -0.3 is 20.1 Å². The molecule has 3 N–H and O–H groups in total. The maximum Gasteiger partial charge on any atom is 0.311 e. The van der Waals surface area contributed by atoms with Crippen LogP contribution in [0.5, 0.6) is 5.88 Å². The molecule has 9 nitrogen and oxygen atoms in total. The quantitative estimate of drug-likeness (QED) is 0.587. The van der Waals surface area contributed by atoms with Gasteiger partial charge in [-0.05, 0) is 6.07 Å². The molecule has 9 heteroatoms. The Hall–Kier alpha value is -4.06. The van der Waals surface area contributed by atoms with E-state index in [1.807, 2.05) is 6.07 Å². The maximum atomic E-state index is 13.8. The Labute approximate surface area is 166 Å². The Morgan fingerprint density at radius 2 is 2.28 bits per heavy atom. The van der Waals surface area contributed by atoms with Gasteiger partial charge in [0.25, 0.3) is 0 Å². The number of aromatic amines is 1. The lowest BCUT2D eigenvalue weighted by Gasteiger charge is -2.32. The number of nitrogens with one attached hydrogen (secondary N) is 1. The van der Waals surface area contributed by atoms with Crippen LogP contribution in [-0.4, -0.2) is 35.7 Å². The van der Waals surface area contributed by atoms with E-state index >= 15 is 0 Å². The highest BCUT2D eigenvalue weighted by molar-refractivity contribution is 6.14. The molecule has 2 aliphatic heterocycles. The molecule has 1 aromatic carbocycles. The molecule has 0 aliphatic carbocycles. The fraction of sp³-hybridized carbons (Fsp3) is 0.200. The molecule has 0 radical (unpaired) electrons. The number of aromatic nitrogens is 2. The summed E-state index contributed by atoms with van der Waals surface area (Å²) in [4.78, 5) is 27.3. The molecule has 1 atom stereocenters. The molecule has 3 heterocycles. The SMILES string of the molecule is C=CCN1C(=O)[C@]2(C(C#N)=C(N)Oc3n[nH]c(CC(=O)OC)c32)c2ccccc21. The van der Waals surface area contributed by atoms with Crippen molar-refractivity contribution in [3.05, 3.63) is 65.2 Å². The summed E-state index contributed by atoms with van der Waals surface area (Å²) in [5.41, 5.74) is 6.18. The van der Waals surface area contributed by atoms with Crippen molar-refractivity contribution in [3.63, 3.8) is 0 Å². The average Bonchev–Trinajstić information content (AvgIpc) is 3.22. The van der Waals surface area contributed by atoms with Crippen molar-refractivity contribution in [3.8, 4) is 11.9 Å². The first kappa shape index (κ1) is 18.3. The summed E-state index contributed by atoms with van der Waals surface area (Å²) in [6, 6.07) is 9.15. The highest BCUT2D eigenvalue weighted by atomic mass is 16.5. The Morgan fingerprint density at radius 1 is 1.52 bits per heavy atom. The van der Waals surface area contributed by atoms with E-state index in [1.165, 1.54) is 12.0 Å². The number of nitrogens with two attached hydrogens (primary N) is 1. The van der Waals surface area contributed by atoms with Gasteiger partial charge in [-0.25, -0.2) is 0 Å². The van der Waals surface area contributed by atoms with Gasteiger partial charge >= 0.3 is 5.97 Å². The number of fused-ring (bicyclic) bond motifs is 4. The Kier molecular flexibility index (Phi) is 4.12. The largest absolute Gasteiger partial charge is 0.469 e. The first-order valence-corrected chi connectivity index (χ1v) is 8.75. The smallest absolute Gasteiger partial charge is 0.311 e. The number of carbonyl (C=O) groups excluding carboxylic acids is 2. The lowest BCUT2D eigenvalue weighted by atomic mass is 9.69. The Bertz CT molecular complexity index is 1130. The highest BCUT2D eigenvalue weighted by Crippen LogP contribution is 2.55. The van der Waals surface area contributed by atoms with Crippen LogP contribution in [0.4, 0.5) is 5.69 Å².